The van der Waals surface area contributed by atoms with Crippen LogP contribution in [0.2, 0.25) is 0 Å². The lowest BCUT2D eigenvalue weighted by molar-refractivity contribution is 0.475. The molecule has 2 N–H and O–H groups in total. The van der Waals surface area contributed by atoms with Crippen LogP contribution in [-0.2, 0) is 10.8 Å². The third-order valence-electron chi connectivity index (χ3n) is 3.05. The minimum absolute atomic E-state index is 0.175. The van der Waals surface area contributed by atoms with Gasteiger partial charge in [0.15, 0.2) is 0 Å². The molecule has 0 aliphatic carbocycles. The Balaban J connectivity index is 2.09. The van der Waals surface area contributed by atoms with Crippen LogP contribution in [0.3, 0.4) is 0 Å². The van der Waals surface area contributed by atoms with Crippen molar-refractivity contribution < 1.29 is 9.32 Å². The molecule has 0 bridgehead atoms. The zero-order valence-electron chi connectivity index (χ0n) is 11.3. The molecular weight excluding hydrogens is 286 g/mol. The Bertz CT molecular complexity index is 836. The van der Waals surface area contributed by atoms with Gasteiger partial charge in [0.1, 0.15) is 17.9 Å². The van der Waals surface area contributed by atoms with Crippen LogP contribution >= 0.6 is 0 Å². The van der Waals surface area contributed by atoms with Crippen molar-refractivity contribution in [1.29, 1.82) is 0 Å². The minimum atomic E-state index is -1.07. The standard InChI is InChI=1S/C15H13N3O2S/c1-21(20)12-5-6-14-13(8-12)15(17-9-16-14)18-10-3-2-4-11(19)7-10/h2-9,19H,1H3,(H,16,17,18). The summed E-state index contributed by atoms with van der Waals surface area (Å²) in [6.45, 7) is 0. The van der Waals surface area contributed by atoms with E-state index in [2.05, 4.69) is 15.3 Å². The van der Waals surface area contributed by atoms with Crippen molar-refractivity contribution in [2.24, 2.45) is 0 Å². The minimum Gasteiger partial charge on any atom is -0.508 e. The number of hydrogen-bond donors (Lipinski definition) is 2. The number of phenols is 1. The van der Waals surface area contributed by atoms with Gasteiger partial charge in [-0.15, -0.1) is 0 Å². The molecule has 1 heterocycles. The summed E-state index contributed by atoms with van der Waals surface area (Å²) in [6.07, 6.45) is 3.10. The molecule has 1 atom stereocenters. The number of fused-ring (bicyclic) bond motifs is 1. The maximum atomic E-state index is 11.6. The zero-order chi connectivity index (χ0) is 14.8. The van der Waals surface area contributed by atoms with E-state index in [1.165, 1.54) is 6.33 Å². The SMILES string of the molecule is CS(=O)c1ccc2ncnc(Nc3cccc(O)c3)c2c1. The lowest BCUT2D eigenvalue weighted by Crippen LogP contribution is -1.97. The highest BCUT2D eigenvalue weighted by Gasteiger charge is 2.07. The second-order valence-electron chi connectivity index (χ2n) is 4.53. The van der Waals surface area contributed by atoms with Crippen molar-refractivity contribution >= 4 is 33.2 Å². The summed E-state index contributed by atoms with van der Waals surface area (Å²) in [4.78, 5) is 9.15. The summed E-state index contributed by atoms with van der Waals surface area (Å²) < 4.78 is 11.6. The maximum Gasteiger partial charge on any atom is 0.141 e. The van der Waals surface area contributed by atoms with E-state index < -0.39 is 10.8 Å². The molecule has 0 saturated carbocycles. The van der Waals surface area contributed by atoms with Gasteiger partial charge in [0.2, 0.25) is 0 Å². The van der Waals surface area contributed by atoms with Gasteiger partial charge in [-0.05, 0) is 30.3 Å². The number of aromatic nitrogens is 2. The van der Waals surface area contributed by atoms with Crippen molar-refractivity contribution in [3.63, 3.8) is 0 Å². The van der Waals surface area contributed by atoms with Crippen LogP contribution in [0.15, 0.2) is 53.7 Å². The fourth-order valence-electron chi connectivity index (χ4n) is 2.03. The molecule has 0 amide bonds. The van der Waals surface area contributed by atoms with Gasteiger partial charge in [-0.3, -0.25) is 4.21 Å². The van der Waals surface area contributed by atoms with Crippen LogP contribution in [0.25, 0.3) is 10.9 Å². The molecule has 3 aromatic rings. The van der Waals surface area contributed by atoms with Gasteiger partial charge in [0.05, 0.1) is 5.52 Å². The molecule has 6 heteroatoms. The molecule has 106 valence electrons. The summed E-state index contributed by atoms with van der Waals surface area (Å²) in [6, 6.07) is 12.2. The first kappa shape index (κ1) is 13.5. The van der Waals surface area contributed by atoms with E-state index in [0.29, 0.717) is 5.82 Å². The number of phenolic OH excluding ortho intramolecular Hbond substituents is 1. The van der Waals surface area contributed by atoms with E-state index in [4.69, 9.17) is 0 Å². The normalized spacial score (nSPS) is 12.2. The first-order valence-electron chi connectivity index (χ1n) is 6.28. The highest BCUT2D eigenvalue weighted by atomic mass is 32.2. The average Bonchev–Trinajstić information content (AvgIpc) is 2.47. The first-order chi connectivity index (χ1) is 10.1. The van der Waals surface area contributed by atoms with Crippen molar-refractivity contribution in [3.8, 4) is 5.75 Å². The molecule has 0 radical (unpaired) electrons. The topological polar surface area (TPSA) is 75.1 Å². The van der Waals surface area contributed by atoms with Crippen LogP contribution in [0.5, 0.6) is 5.75 Å². The van der Waals surface area contributed by atoms with E-state index in [1.807, 2.05) is 18.2 Å². The molecule has 0 fully saturated rings. The number of anilines is 2. The fraction of sp³-hybridized carbons (Fsp3) is 0.0667. The van der Waals surface area contributed by atoms with Crippen LogP contribution in [0.1, 0.15) is 0 Å². The lowest BCUT2D eigenvalue weighted by Gasteiger charge is -2.09. The monoisotopic (exact) mass is 299 g/mol. The molecule has 5 nitrogen and oxygen atoms in total. The Morgan fingerprint density at radius 3 is 2.76 bits per heavy atom. The molecule has 1 aromatic heterocycles. The number of benzene rings is 2. The number of nitrogens with zero attached hydrogens (tertiary/aromatic N) is 2. The molecular formula is C15H13N3O2S. The predicted octanol–water partition coefficient (Wildman–Crippen LogP) is 2.82. The summed E-state index contributed by atoms with van der Waals surface area (Å²) in [5, 5.41) is 13.4. The second kappa shape index (κ2) is 5.49. The summed E-state index contributed by atoms with van der Waals surface area (Å²) >= 11 is 0. The number of nitrogens with one attached hydrogen (secondary N) is 1. The summed E-state index contributed by atoms with van der Waals surface area (Å²) in [5.41, 5.74) is 1.49. The summed E-state index contributed by atoms with van der Waals surface area (Å²) in [7, 11) is -1.07. The smallest absolute Gasteiger partial charge is 0.141 e. The second-order valence-corrected chi connectivity index (χ2v) is 5.91. The van der Waals surface area contributed by atoms with Crippen LogP contribution in [-0.4, -0.2) is 25.5 Å². The summed E-state index contributed by atoms with van der Waals surface area (Å²) in [5.74, 6) is 0.784. The molecule has 21 heavy (non-hydrogen) atoms. The third kappa shape index (κ3) is 2.85. The highest BCUT2D eigenvalue weighted by Crippen LogP contribution is 2.26. The Labute approximate surface area is 124 Å². The number of rotatable bonds is 3. The van der Waals surface area contributed by atoms with Gasteiger partial charge in [-0.25, -0.2) is 9.97 Å². The molecule has 0 aliphatic heterocycles. The molecule has 0 aliphatic rings. The van der Waals surface area contributed by atoms with Crippen molar-refractivity contribution in [3.05, 3.63) is 48.8 Å². The number of aromatic hydroxyl groups is 1. The van der Waals surface area contributed by atoms with Gasteiger partial charge < -0.3 is 10.4 Å². The lowest BCUT2D eigenvalue weighted by atomic mass is 10.2. The predicted molar refractivity (Wildman–Crippen MR) is 83.3 cm³/mol. The molecule has 2 aromatic carbocycles. The quantitative estimate of drug-likeness (QED) is 0.778. The Hall–Kier alpha value is -2.47. The van der Waals surface area contributed by atoms with Gasteiger partial charge >= 0.3 is 0 Å². The van der Waals surface area contributed by atoms with Gasteiger partial charge in [-0.2, -0.15) is 0 Å². The first-order valence-corrected chi connectivity index (χ1v) is 7.83. The van der Waals surface area contributed by atoms with Crippen molar-refractivity contribution in [1.82, 2.24) is 9.97 Å². The molecule has 3 rings (SSSR count). The van der Waals surface area contributed by atoms with Crippen LogP contribution < -0.4 is 5.32 Å². The highest BCUT2D eigenvalue weighted by molar-refractivity contribution is 7.84. The number of hydrogen-bond acceptors (Lipinski definition) is 5. The maximum absolute atomic E-state index is 11.6. The molecule has 1 unspecified atom stereocenters. The Morgan fingerprint density at radius 2 is 2.00 bits per heavy atom. The van der Waals surface area contributed by atoms with Crippen LogP contribution in [0.4, 0.5) is 11.5 Å². The van der Waals surface area contributed by atoms with Crippen LogP contribution in [0, 0.1) is 0 Å². The third-order valence-corrected chi connectivity index (χ3v) is 3.97. The van der Waals surface area contributed by atoms with E-state index in [-0.39, 0.29) is 5.75 Å². The van der Waals surface area contributed by atoms with Gasteiger partial charge in [0, 0.05) is 39.1 Å². The zero-order valence-corrected chi connectivity index (χ0v) is 12.1. The van der Waals surface area contributed by atoms with E-state index in [9.17, 15) is 9.32 Å². The van der Waals surface area contributed by atoms with E-state index in [0.717, 1.165) is 21.5 Å². The van der Waals surface area contributed by atoms with E-state index >= 15 is 0 Å². The Morgan fingerprint density at radius 1 is 1.14 bits per heavy atom. The Kier molecular flexibility index (Phi) is 3.53. The van der Waals surface area contributed by atoms with Gasteiger partial charge in [0.25, 0.3) is 0 Å². The average molecular weight is 299 g/mol. The molecule has 0 spiro atoms. The van der Waals surface area contributed by atoms with E-state index in [1.54, 1.807) is 30.5 Å². The van der Waals surface area contributed by atoms with Gasteiger partial charge in [-0.1, -0.05) is 6.07 Å². The van der Waals surface area contributed by atoms with Crippen molar-refractivity contribution in [2.75, 3.05) is 11.6 Å². The molecule has 0 saturated heterocycles. The fourth-order valence-corrected chi connectivity index (χ4v) is 2.58. The largest absolute Gasteiger partial charge is 0.508 e. The van der Waals surface area contributed by atoms with Crippen molar-refractivity contribution in [2.45, 2.75) is 4.90 Å².